The van der Waals surface area contributed by atoms with E-state index in [1.807, 2.05) is 0 Å². The smallest absolute Gasteiger partial charge is 0.229 e. The van der Waals surface area contributed by atoms with Crippen molar-refractivity contribution in [3.63, 3.8) is 0 Å². The normalized spacial score (nSPS) is 12.2. The van der Waals surface area contributed by atoms with Crippen molar-refractivity contribution in [3.8, 4) is 0 Å². The topological polar surface area (TPSA) is 62.7 Å². The number of rotatable bonds is 7. The molecule has 0 fully saturated rings. The minimum atomic E-state index is 0.198. The average molecular weight is 312 g/mol. The largest absolute Gasteiger partial charge is 0.354 e. The highest BCUT2D eigenvalue weighted by atomic mass is 35.5. The fourth-order valence-electron chi connectivity index (χ4n) is 1.76. The molecule has 7 heteroatoms. The highest BCUT2D eigenvalue weighted by Gasteiger charge is 2.09. The molecule has 1 unspecified atom stereocenters. The second-order valence-electron chi connectivity index (χ2n) is 4.56. The maximum absolute atomic E-state index is 5.91. The summed E-state index contributed by atoms with van der Waals surface area (Å²) in [6, 6.07) is 2.35. The third-order valence-electron chi connectivity index (χ3n) is 2.64. The predicted molar refractivity (Wildman–Crippen MR) is 84.7 cm³/mol. The molecule has 0 radical (unpaired) electrons. The van der Waals surface area contributed by atoms with Crippen molar-refractivity contribution in [2.45, 2.75) is 32.7 Å². The molecule has 2 N–H and O–H groups in total. The van der Waals surface area contributed by atoms with Crippen LogP contribution in [0.3, 0.4) is 0 Å². The molecule has 0 saturated carbocycles. The van der Waals surface area contributed by atoms with Crippen LogP contribution in [0.5, 0.6) is 0 Å². The van der Waals surface area contributed by atoms with Gasteiger partial charge in [0.15, 0.2) is 0 Å². The Kier molecular flexibility index (Phi) is 5.55. The fourth-order valence-corrected chi connectivity index (χ4v) is 2.61. The van der Waals surface area contributed by atoms with Crippen LogP contribution in [-0.4, -0.2) is 27.5 Å². The van der Waals surface area contributed by atoms with Crippen LogP contribution in [0.4, 0.5) is 11.9 Å². The van der Waals surface area contributed by atoms with Gasteiger partial charge >= 0.3 is 0 Å². The minimum absolute atomic E-state index is 0.198. The first-order chi connectivity index (χ1) is 9.67. The van der Waals surface area contributed by atoms with E-state index in [0.717, 1.165) is 19.4 Å². The van der Waals surface area contributed by atoms with Gasteiger partial charge in [0.05, 0.1) is 0 Å². The molecular weight excluding hydrogens is 294 g/mol. The lowest BCUT2D eigenvalue weighted by Gasteiger charge is -2.13. The van der Waals surface area contributed by atoms with Gasteiger partial charge in [-0.3, -0.25) is 0 Å². The van der Waals surface area contributed by atoms with Crippen LogP contribution in [0.15, 0.2) is 16.8 Å². The molecule has 0 saturated heterocycles. The zero-order valence-corrected chi connectivity index (χ0v) is 13.1. The van der Waals surface area contributed by atoms with Crippen LogP contribution >= 0.6 is 22.9 Å². The number of nitrogens with zero attached hydrogens (tertiary/aromatic N) is 3. The number of hydrogen-bond donors (Lipinski definition) is 2. The zero-order chi connectivity index (χ0) is 14.4. The minimum Gasteiger partial charge on any atom is -0.354 e. The summed E-state index contributed by atoms with van der Waals surface area (Å²) in [5.74, 6) is 1.02. The molecule has 2 rings (SSSR count). The molecular formula is C13H18ClN5S. The third-order valence-corrected chi connectivity index (χ3v) is 3.54. The lowest BCUT2D eigenvalue weighted by molar-refractivity contribution is 0.776. The summed E-state index contributed by atoms with van der Waals surface area (Å²) >= 11 is 7.62. The lowest BCUT2D eigenvalue weighted by atomic mass is 10.1. The standard InChI is InChI=1S/C13H18ClN5S/c1-3-5-15-12-17-11(14)18-13(19-12)16-9(2)7-10-4-6-20-8-10/h4,6,8-9H,3,5,7H2,1-2H3,(H2,15,16,17,18,19). The molecule has 5 nitrogen and oxygen atoms in total. The van der Waals surface area contributed by atoms with E-state index in [-0.39, 0.29) is 11.3 Å². The van der Waals surface area contributed by atoms with Crippen LogP contribution in [0, 0.1) is 0 Å². The average Bonchev–Trinajstić information content (AvgIpc) is 2.88. The summed E-state index contributed by atoms with van der Waals surface area (Å²) in [4.78, 5) is 12.5. The number of nitrogens with one attached hydrogen (secondary N) is 2. The summed E-state index contributed by atoms with van der Waals surface area (Å²) in [6.07, 6.45) is 1.92. The van der Waals surface area contributed by atoms with Gasteiger partial charge in [-0.25, -0.2) is 0 Å². The van der Waals surface area contributed by atoms with E-state index in [1.54, 1.807) is 11.3 Å². The molecule has 2 heterocycles. The summed E-state index contributed by atoms with van der Waals surface area (Å²) in [5, 5.41) is 10.8. The van der Waals surface area contributed by atoms with Crippen molar-refractivity contribution >= 4 is 34.8 Å². The Morgan fingerprint density at radius 2 is 2.10 bits per heavy atom. The van der Waals surface area contributed by atoms with E-state index < -0.39 is 0 Å². The molecule has 2 aromatic rings. The molecule has 2 aromatic heterocycles. The Bertz CT molecular complexity index is 532. The van der Waals surface area contributed by atoms with Gasteiger partial charge in [-0.1, -0.05) is 6.92 Å². The van der Waals surface area contributed by atoms with Gasteiger partial charge in [-0.05, 0) is 53.8 Å². The Morgan fingerprint density at radius 1 is 1.30 bits per heavy atom. The van der Waals surface area contributed by atoms with E-state index in [4.69, 9.17) is 11.6 Å². The summed E-state index contributed by atoms with van der Waals surface area (Å²) in [5.41, 5.74) is 1.31. The number of thiophene rings is 1. The van der Waals surface area contributed by atoms with Gasteiger partial charge in [-0.2, -0.15) is 26.3 Å². The van der Waals surface area contributed by atoms with Crippen molar-refractivity contribution in [1.29, 1.82) is 0 Å². The Balaban J connectivity index is 1.98. The van der Waals surface area contributed by atoms with E-state index in [0.29, 0.717) is 11.9 Å². The first kappa shape index (κ1) is 15.0. The SMILES string of the molecule is CCCNc1nc(Cl)nc(NC(C)Cc2ccsc2)n1. The first-order valence-corrected chi connectivity index (χ1v) is 7.92. The van der Waals surface area contributed by atoms with Crippen LogP contribution in [0.1, 0.15) is 25.8 Å². The van der Waals surface area contributed by atoms with Crippen molar-refractivity contribution < 1.29 is 0 Å². The van der Waals surface area contributed by atoms with E-state index in [9.17, 15) is 0 Å². The maximum Gasteiger partial charge on any atom is 0.229 e. The van der Waals surface area contributed by atoms with E-state index >= 15 is 0 Å². The zero-order valence-electron chi connectivity index (χ0n) is 11.6. The number of hydrogen-bond acceptors (Lipinski definition) is 6. The highest BCUT2D eigenvalue weighted by Crippen LogP contribution is 2.13. The second kappa shape index (κ2) is 7.40. The predicted octanol–water partition coefficient (Wildman–Crippen LogP) is 3.45. The molecule has 20 heavy (non-hydrogen) atoms. The Labute approximate surface area is 127 Å². The maximum atomic E-state index is 5.91. The summed E-state index contributed by atoms with van der Waals surface area (Å²) < 4.78 is 0. The first-order valence-electron chi connectivity index (χ1n) is 6.60. The second-order valence-corrected chi connectivity index (χ2v) is 5.68. The van der Waals surface area contributed by atoms with Gasteiger partial charge in [0.25, 0.3) is 0 Å². The van der Waals surface area contributed by atoms with Gasteiger partial charge in [0, 0.05) is 12.6 Å². The van der Waals surface area contributed by atoms with Crippen LogP contribution in [0.25, 0.3) is 0 Å². The molecule has 0 spiro atoms. The number of anilines is 2. The molecule has 0 aliphatic rings. The van der Waals surface area contributed by atoms with Gasteiger partial charge in [-0.15, -0.1) is 0 Å². The molecule has 108 valence electrons. The van der Waals surface area contributed by atoms with Gasteiger partial charge in [0.2, 0.25) is 17.2 Å². The van der Waals surface area contributed by atoms with Crippen molar-refractivity contribution in [2.75, 3.05) is 17.2 Å². The molecule has 0 aliphatic carbocycles. The number of aromatic nitrogens is 3. The van der Waals surface area contributed by atoms with Crippen molar-refractivity contribution in [3.05, 3.63) is 27.7 Å². The van der Waals surface area contributed by atoms with Gasteiger partial charge in [0.1, 0.15) is 0 Å². The molecule has 0 aliphatic heterocycles. The van der Waals surface area contributed by atoms with E-state index in [2.05, 4.69) is 56.3 Å². The summed E-state index contributed by atoms with van der Waals surface area (Å²) in [7, 11) is 0. The Hall–Kier alpha value is -1.40. The summed E-state index contributed by atoms with van der Waals surface area (Å²) in [6.45, 7) is 4.98. The van der Waals surface area contributed by atoms with E-state index in [1.165, 1.54) is 5.56 Å². The molecule has 0 aromatic carbocycles. The Morgan fingerprint density at radius 3 is 2.80 bits per heavy atom. The molecule has 1 atom stereocenters. The lowest BCUT2D eigenvalue weighted by Crippen LogP contribution is -2.20. The van der Waals surface area contributed by atoms with Crippen molar-refractivity contribution in [1.82, 2.24) is 15.0 Å². The molecule has 0 amide bonds. The quantitative estimate of drug-likeness (QED) is 0.820. The third kappa shape index (κ3) is 4.61. The van der Waals surface area contributed by atoms with Crippen molar-refractivity contribution in [2.24, 2.45) is 0 Å². The number of halogens is 1. The molecule has 0 bridgehead atoms. The van der Waals surface area contributed by atoms with Crippen LogP contribution < -0.4 is 10.6 Å². The van der Waals surface area contributed by atoms with Crippen LogP contribution in [0.2, 0.25) is 5.28 Å². The van der Waals surface area contributed by atoms with Gasteiger partial charge < -0.3 is 10.6 Å². The highest BCUT2D eigenvalue weighted by molar-refractivity contribution is 7.07. The monoisotopic (exact) mass is 311 g/mol. The fraction of sp³-hybridized carbons (Fsp3) is 0.462. The van der Waals surface area contributed by atoms with Crippen LogP contribution in [-0.2, 0) is 6.42 Å².